The molecule has 3 unspecified atom stereocenters. The Bertz CT molecular complexity index is 1020. The van der Waals surface area contributed by atoms with E-state index in [4.69, 9.17) is 78.4 Å². The van der Waals surface area contributed by atoms with Crippen LogP contribution >= 0.6 is 46.3 Å². The summed E-state index contributed by atoms with van der Waals surface area (Å²) in [5, 5.41) is 0. The molecule has 27 N–H and O–H groups in total. The first-order chi connectivity index (χ1) is 22.5. The average molecular weight is 1560 g/mol. The maximum atomic E-state index is 10.1. The molecule has 0 spiro atoms. The summed E-state index contributed by atoms with van der Waals surface area (Å²) in [7, 11) is -26.6. The van der Waals surface area contributed by atoms with Crippen LogP contribution in [0.2, 0.25) is 0 Å². The zero-order valence-electron chi connectivity index (χ0n) is 32.3. The van der Waals surface area contributed by atoms with Crippen molar-refractivity contribution in [1.29, 1.82) is 0 Å². The molecule has 39 heteroatoms. The van der Waals surface area contributed by atoms with Gasteiger partial charge in [-0.15, -0.1) is 0 Å². The average Bonchev–Trinajstić information content (AvgIpc) is 2.85. The van der Waals surface area contributed by atoms with Crippen molar-refractivity contribution < 1.29 is 180 Å². The number of phosphoric acid groups is 3. The van der Waals surface area contributed by atoms with Crippen LogP contribution in [0.3, 0.4) is 0 Å². The molecule has 0 aromatic heterocycles. The molecule has 0 bridgehead atoms. The maximum absolute atomic E-state index is 10.1. The fraction of sp³-hybridized carbons (Fsp3) is 1.00. The summed E-state index contributed by atoms with van der Waals surface area (Å²) in [6, 6.07) is -0.479. The van der Waals surface area contributed by atoms with E-state index in [1.807, 2.05) is 0 Å². The Kier molecular flexibility index (Phi) is 68.0. The molecule has 0 aromatic carbocycles. The van der Waals surface area contributed by atoms with E-state index in [1.165, 1.54) is 38.5 Å². The summed E-state index contributed by atoms with van der Waals surface area (Å²) in [4.78, 5) is 72.0. The van der Waals surface area contributed by atoms with E-state index in [2.05, 4.69) is 12.9 Å². The van der Waals surface area contributed by atoms with Crippen molar-refractivity contribution in [3.8, 4) is 0 Å². The van der Waals surface area contributed by atoms with Crippen molar-refractivity contribution in [3.63, 3.8) is 0 Å². The third kappa shape index (κ3) is 74.8. The summed E-state index contributed by atoms with van der Waals surface area (Å²) in [5.74, 6) is 0. The third-order valence-corrected chi connectivity index (χ3v) is 12.3. The van der Waals surface area contributed by atoms with Crippen LogP contribution in [0, 0.1) is 0 Å². The second kappa shape index (κ2) is 44.0. The van der Waals surface area contributed by atoms with Gasteiger partial charge in [-0.1, -0.05) is 77.0 Å². The second-order valence-electron chi connectivity index (χ2n) is 11.6. The number of hydrogen-bond donors (Lipinski definition) is 9. The van der Waals surface area contributed by atoms with E-state index < -0.39 is 46.3 Å². The van der Waals surface area contributed by atoms with Crippen LogP contribution in [-0.4, -0.2) is 133 Å². The van der Waals surface area contributed by atoms with Crippen LogP contribution in [0.4, 0.5) is 0 Å². The summed E-state index contributed by atoms with van der Waals surface area (Å²) >= 11 is 0. The first kappa shape index (κ1) is 92.7. The van der Waals surface area contributed by atoms with Crippen molar-refractivity contribution >= 4 is 46.3 Å². The number of rotatable bonds is 6. The van der Waals surface area contributed by atoms with Crippen molar-refractivity contribution in [2.45, 2.75) is 113 Å². The Labute approximate surface area is 392 Å². The van der Waals surface area contributed by atoms with Gasteiger partial charge in [0.15, 0.2) is 0 Å². The molecular weight excluding hydrogens is 1490 g/mol. The van der Waals surface area contributed by atoms with Gasteiger partial charge in [-0.3, -0.25) is 13.7 Å². The number of nitrogens with one attached hydrogen (secondary N) is 6. The van der Waals surface area contributed by atoms with E-state index in [0.717, 1.165) is 38.5 Å². The number of hydrogen-bond acceptors (Lipinski definition) is 9. The zero-order chi connectivity index (χ0) is 41.1. The second-order valence-corrected chi connectivity index (χ2v) is 21.3. The van der Waals surface area contributed by atoms with Crippen molar-refractivity contribution in [2.75, 3.05) is 20.0 Å². The SMILES string of the molecule is CP(=O)(O)OP(=O)(O)O.CP(=O)(O)OP(=O)(O)O.CP(=O)(O)OP(=O)(O)O.O.O.O.O.O.O.[NH-][C@@H]1CCCC[C@@H]1[NH-].[NH-][C@@H]1CCCC[C@H]1[NH-].[NH-][C@H]1CCCC[C@@H]1[NH-].[Pt+2].[Pt+2].[Pt+2]. The third-order valence-electron chi connectivity index (χ3n) is 6.07. The predicted octanol–water partition coefficient (Wildman–Crippen LogP) is 1.98. The standard InChI is InChI=1S/3C6H12N2.3CH6O6P2.6H2O.3Pt/c3*7-5-3-1-2-4-6(5)8;3*1-8(2,3)7-9(4,5)6;;;;;;;;;/h3*5-8H,1-4H2;3*1H3,(H,2,3)(H2,4,5,6);6*1H2;;;/q3*-2;;;;;;;;;;3*+2/t5-,6+;2*5-,6-;;;;;;;;;;;;/m.10............/s1. The minimum atomic E-state index is -4.80. The first-order valence-electron chi connectivity index (χ1n) is 15.0. The van der Waals surface area contributed by atoms with Gasteiger partial charge in [0.2, 0.25) is 0 Å². The smallest absolute Gasteiger partial charge is 0.676 e. The van der Waals surface area contributed by atoms with Gasteiger partial charge in [-0.2, -0.15) is 36.3 Å². The Balaban J connectivity index is -0.0000000447. The zero-order valence-corrected chi connectivity index (χ0v) is 44.5. The van der Waals surface area contributed by atoms with E-state index >= 15 is 0 Å². The predicted molar refractivity (Wildman–Crippen MR) is 212 cm³/mol. The summed E-state index contributed by atoms with van der Waals surface area (Å²) in [5.41, 5.74) is 43.7. The molecule has 3 aliphatic carbocycles. The molecule has 3 rings (SSSR count). The van der Waals surface area contributed by atoms with Crippen LogP contribution in [0.25, 0.3) is 34.4 Å². The molecule has 60 heavy (non-hydrogen) atoms. The summed E-state index contributed by atoms with van der Waals surface area (Å²) < 4.78 is 69.8. The maximum Gasteiger partial charge on any atom is 2.00 e. The van der Waals surface area contributed by atoms with Gasteiger partial charge in [0, 0.05) is 20.0 Å². The van der Waals surface area contributed by atoms with E-state index in [9.17, 15) is 27.4 Å². The minimum Gasteiger partial charge on any atom is -0.676 e. The molecule has 3 aliphatic rings. The molecule has 0 radical (unpaired) electrons. The van der Waals surface area contributed by atoms with Gasteiger partial charge in [-0.05, 0) is 0 Å². The molecule has 0 aliphatic heterocycles. The molecule has 3 fully saturated rings. The monoisotopic (exact) mass is 1560 g/mol. The van der Waals surface area contributed by atoms with Gasteiger partial charge in [0.05, 0.1) is 0 Å². The molecule has 0 saturated heterocycles. The van der Waals surface area contributed by atoms with Gasteiger partial charge in [-0.25, -0.2) is 26.6 Å². The van der Waals surface area contributed by atoms with Crippen LogP contribution < -0.4 is 0 Å². The van der Waals surface area contributed by atoms with Crippen molar-refractivity contribution in [2.24, 2.45) is 0 Å². The molecular formula is C21H66N6O24P6Pt3. The molecule has 384 valence electrons. The topological polar surface area (TPSA) is 644 Å². The Morgan fingerprint density at radius 3 is 0.467 bits per heavy atom. The van der Waals surface area contributed by atoms with Crippen LogP contribution in [0.5, 0.6) is 0 Å². The summed E-state index contributed by atoms with van der Waals surface area (Å²) in [6.07, 6.45) is 12.7. The van der Waals surface area contributed by atoms with E-state index in [0.29, 0.717) is 20.0 Å². The van der Waals surface area contributed by atoms with E-state index in [1.54, 1.807) is 0 Å². The van der Waals surface area contributed by atoms with Crippen LogP contribution in [0.1, 0.15) is 77.0 Å². The van der Waals surface area contributed by atoms with Crippen LogP contribution in [0.15, 0.2) is 0 Å². The first-order valence-corrected chi connectivity index (χ1v) is 25.7. The fourth-order valence-corrected chi connectivity index (χ4v) is 8.72. The Hall–Kier alpha value is 2.48. The van der Waals surface area contributed by atoms with Crippen molar-refractivity contribution in [3.05, 3.63) is 34.4 Å². The Morgan fingerprint density at radius 2 is 0.433 bits per heavy atom. The van der Waals surface area contributed by atoms with E-state index in [-0.39, 0.29) is 132 Å². The summed E-state index contributed by atoms with van der Waals surface area (Å²) in [6.45, 7) is 2.06. The molecule has 9 atom stereocenters. The molecule has 3 saturated carbocycles. The quantitative estimate of drug-likeness (QED) is 0.172. The van der Waals surface area contributed by atoms with Crippen molar-refractivity contribution in [1.82, 2.24) is 0 Å². The van der Waals surface area contributed by atoms with Gasteiger partial charge in [0.1, 0.15) is 0 Å². The molecule has 0 amide bonds. The van der Waals surface area contributed by atoms with Gasteiger partial charge in [0.25, 0.3) is 0 Å². The normalized spacial score (nSPS) is 24.5. The van der Waals surface area contributed by atoms with Gasteiger partial charge >= 0.3 is 109 Å². The fourth-order valence-electron chi connectivity index (χ4n) is 3.98. The molecule has 0 aromatic rings. The minimum absolute atomic E-state index is 0. The molecule has 0 heterocycles. The molecule has 30 nitrogen and oxygen atoms in total. The van der Waals surface area contributed by atoms with Crippen LogP contribution in [-0.2, 0) is 104 Å². The van der Waals surface area contributed by atoms with Gasteiger partial charge < -0.3 is 111 Å². The Morgan fingerprint density at radius 1 is 0.333 bits per heavy atom. The largest absolute Gasteiger partial charge is 2.00 e.